The van der Waals surface area contributed by atoms with Crippen LogP contribution < -0.4 is 18.9 Å². The lowest BCUT2D eigenvalue weighted by atomic mass is 9.76. The summed E-state index contributed by atoms with van der Waals surface area (Å²) in [6.45, 7) is 1.20. The second-order valence-corrected chi connectivity index (χ2v) is 7.62. The molecule has 0 bridgehead atoms. The number of likely N-dealkylation sites (N-methyl/N-ethyl adjacent to an activating group) is 1. The van der Waals surface area contributed by atoms with Gasteiger partial charge in [-0.25, -0.2) is 0 Å². The first kappa shape index (κ1) is 17.6. The van der Waals surface area contributed by atoms with E-state index in [9.17, 15) is 0 Å². The van der Waals surface area contributed by atoms with Gasteiger partial charge in [-0.3, -0.25) is 4.90 Å². The molecule has 0 amide bonds. The molecule has 0 fully saturated rings. The normalized spacial score (nSPS) is 24.9. The van der Waals surface area contributed by atoms with Gasteiger partial charge in [0.2, 0.25) is 6.79 Å². The number of methoxy groups -OCH3 is 3. The van der Waals surface area contributed by atoms with E-state index in [4.69, 9.17) is 23.7 Å². The lowest BCUT2D eigenvalue weighted by molar-refractivity contribution is -0.0464. The number of ether oxygens (including phenoxy) is 5. The van der Waals surface area contributed by atoms with Gasteiger partial charge < -0.3 is 23.7 Å². The fourth-order valence-corrected chi connectivity index (χ4v) is 5.21. The number of hydrogen-bond acceptors (Lipinski definition) is 6. The van der Waals surface area contributed by atoms with E-state index in [1.54, 1.807) is 21.3 Å². The minimum Gasteiger partial charge on any atom is -0.493 e. The molecule has 0 saturated heterocycles. The molecule has 1 aliphatic carbocycles. The van der Waals surface area contributed by atoms with Crippen molar-refractivity contribution in [1.29, 1.82) is 0 Å². The highest BCUT2D eigenvalue weighted by atomic mass is 16.7. The molecule has 3 aliphatic rings. The van der Waals surface area contributed by atoms with Gasteiger partial charge in [0.25, 0.3) is 0 Å². The molecule has 2 heterocycles. The SMILES string of the molecule is COc1cc2c(cc1OC)C1(Cc3ccc4c(c3C1OC)OCO4)N(C)CC2. The van der Waals surface area contributed by atoms with Gasteiger partial charge in [0.1, 0.15) is 6.10 Å². The average molecular weight is 383 g/mol. The number of nitrogens with zero attached hydrogens (tertiary/aromatic N) is 1. The zero-order valence-electron chi connectivity index (χ0n) is 16.7. The number of benzene rings is 2. The molecule has 2 aliphatic heterocycles. The van der Waals surface area contributed by atoms with E-state index >= 15 is 0 Å². The summed E-state index contributed by atoms with van der Waals surface area (Å²) in [5.74, 6) is 3.13. The molecule has 0 radical (unpaired) electrons. The van der Waals surface area contributed by atoms with Crippen LogP contribution >= 0.6 is 0 Å². The van der Waals surface area contributed by atoms with Crippen LogP contribution in [0, 0.1) is 0 Å². The Labute approximate surface area is 164 Å². The molecule has 2 aromatic rings. The van der Waals surface area contributed by atoms with Gasteiger partial charge in [-0.15, -0.1) is 0 Å². The van der Waals surface area contributed by atoms with E-state index in [1.165, 1.54) is 16.7 Å². The van der Waals surface area contributed by atoms with Gasteiger partial charge in [-0.05, 0) is 54.8 Å². The van der Waals surface area contributed by atoms with Crippen LogP contribution in [0.15, 0.2) is 24.3 Å². The third kappa shape index (κ3) is 2.16. The highest BCUT2D eigenvalue weighted by Gasteiger charge is 2.55. The third-order valence-corrected chi connectivity index (χ3v) is 6.53. The lowest BCUT2D eigenvalue weighted by Crippen LogP contribution is -2.51. The van der Waals surface area contributed by atoms with E-state index in [0.29, 0.717) is 0 Å². The van der Waals surface area contributed by atoms with Crippen molar-refractivity contribution in [2.75, 3.05) is 41.7 Å². The van der Waals surface area contributed by atoms with Crippen molar-refractivity contribution < 1.29 is 23.7 Å². The first-order chi connectivity index (χ1) is 13.6. The Bertz CT molecular complexity index is 943. The highest BCUT2D eigenvalue weighted by Crippen LogP contribution is 2.58. The van der Waals surface area contributed by atoms with Crippen molar-refractivity contribution in [3.63, 3.8) is 0 Å². The van der Waals surface area contributed by atoms with Gasteiger partial charge >= 0.3 is 0 Å². The molecule has 28 heavy (non-hydrogen) atoms. The molecule has 0 N–H and O–H groups in total. The largest absolute Gasteiger partial charge is 0.493 e. The van der Waals surface area contributed by atoms with Crippen LogP contribution in [0.25, 0.3) is 0 Å². The number of rotatable bonds is 3. The standard InChI is InChI=1S/C22H25NO5/c1-23-8-7-13-9-17(24-2)18(25-3)10-15(13)22(23)11-14-5-6-16-20(28-12-27-16)19(14)21(22)26-4/h5-6,9-10,21H,7-8,11-12H2,1-4H3. The summed E-state index contributed by atoms with van der Waals surface area (Å²) in [7, 11) is 7.31. The zero-order chi connectivity index (χ0) is 19.5. The van der Waals surface area contributed by atoms with E-state index in [1.807, 2.05) is 6.07 Å². The average Bonchev–Trinajstić information content (AvgIpc) is 3.32. The van der Waals surface area contributed by atoms with E-state index in [-0.39, 0.29) is 18.4 Å². The molecule has 0 aromatic heterocycles. The fourth-order valence-electron chi connectivity index (χ4n) is 5.21. The van der Waals surface area contributed by atoms with E-state index in [2.05, 4.69) is 30.1 Å². The minimum atomic E-state index is -0.328. The Kier molecular flexibility index (Phi) is 3.96. The van der Waals surface area contributed by atoms with E-state index < -0.39 is 0 Å². The summed E-state index contributed by atoms with van der Waals surface area (Å²) in [6.07, 6.45) is 1.64. The molecule has 6 heteroatoms. The monoisotopic (exact) mass is 383 g/mol. The van der Waals surface area contributed by atoms with Crippen molar-refractivity contribution in [2.24, 2.45) is 0 Å². The van der Waals surface area contributed by atoms with Gasteiger partial charge in [0, 0.05) is 19.2 Å². The fraction of sp³-hybridized carbons (Fsp3) is 0.455. The van der Waals surface area contributed by atoms with Crippen molar-refractivity contribution in [2.45, 2.75) is 24.5 Å². The van der Waals surface area contributed by atoms with Gasteiger partial charge in [-0.1, -0.05) is 6.07 Å². The third-order valence-electron chi connectivity index (χ3n) is 6.53. The first-order valence-corrected chi connectivity index (χ1v) is 9.54. The summed E-state index contributed by atoms with van der Waals surface area (Å²) in [5.41, 5.74) is 4.53. The maximum atomic E-state index is 6.16. The van der Waals surface area contributed by atoms with Crippen LogP contribution in [0.3, 0.4) is 0 Å². The Morgan fingerprint density at radius 2 is 1.82 bits per heavy atom. The molecule has 2 atom stereocenters. The molecule has 148 valence electrons. The summed E-state index contributed by atoms with van der Waals surface area (Å²) in [6, 6.07) is 8.39. The van der Waals surface area contributed by atoms with Gasteiger partial charge in [0.15, 0.2) is 23.0 Å². The summed E-state index contributed by atoms with van der Waals surface area (Å²) in [4.78, 5) is 2.41. The maximum absolute atomic E-state index is 6.16. The van der Waals surface area contributed by atoms with Gasteiger partial charge in [0.05, 0.1) is 19.8 Å². The minimum absolute atomic E-state index is 0.165. The van der Waals surface area contributed by atoms with E-state index in [0.717, 1.165) is 47.9 Å². The van der Waals surface area contributed by atoms with Crippen LogP contribution in [0.5, 0.6) is 23.0 Å². The molecule has 2 aromatic carbocycles. The Morgan fingerprint density at radius 3 is 2.57 bits per heavy atom. The van der Waals surface area contributed by atoms with Crippen LogP contribution in [0.1, 0.15) is 28.4 Å². The molecular weight excluding hydrogens is 358 g/mol. The molecule has 1 spiro atoms. The van der Waals surface area contributed by atoms with Crippen molar-refractivity contribution >= 4 is 0 Å². The summed E-state index contributed by atoms with van der Waals surface area (Å²) >= 11 is 0. The highest BCUT2D eigenvalue weighted by molar-refractivity contribution is 5.61. The first-order valence-electron chi connectivity index (χ1n) is 9.54. The second-order valence-electron chi connectivity index (χ2n) is 7.62. The smallest absolute Gasteiger partial charge is 0.231 e. The van der Waals surface area contributed by atoms with Crippen molar-refractivity contribution in [3.8, 4) is 23.0 Å². The molecular formula is C22H25NO5. The quantitative estimate of drug-likeness (QED) is 0.812. The van der Waals surface area contributed by atoms with Crippen molar-refractivity contribution in [1.82, 2.24) is 4.90 Å². The summed E-state index contributed by atoms with van der Waals surface area (Å²) in [5, 5.41) is 0. The summed E-state index contributed by atoms with van der Waals surface area (Å²) < 4.78 is 28.8. The molecule has 0 saturated carbocycles. The predicted molar refractivity (Wildman–Crippen MR) is 104 cm³/mol. The number of hydrogen-bond donors (Lipinski definition) is 0. The zero-order valence-corrected chi connectivity index (χ0v) is 16.7. The predicted octanol–water partition coefficient (Wildman–Crippen LogP) is 3.06. The van der Waals surface area contributed by atoms with Crippen LogP contribution in [-0.4, -0.2) is 46.6 Å². The Hall–Kier alpha value is -2.44. The Morgan fingerprint density at radius 1 is 1.04 bits per heavy atom. The van der Waals surface area contributed by atoms with Gasteiger partial charge in [-0.2, -0.15) is 0 Å². The molecule has 2 unspecified atom stereocenters. The number of fused-ring (bicyclic) bond motifs is 5. The Balaban J connectivity index is 1.74. The van der Waals surface area contributed by atoms with Crippen molar-refractivity contribution in [3.05, 3.63) is 46.5 Å². The molecule has 6 nitrogen and oxygen atoms in total. The topological polar surface area (TPSA) is 49.4 Å². The second kappa shape index (κ2) is 6.29. The van der Waals surface area contributed by atoms with Crippen LogP contribution in [0.4, 0.5) is 0 Å². The lowest BCUT2D eigenvalue weighted by Gasteiger charge is -2.47. The van der Waals surface area contributed by atoms with Crippen LogP contribution in [0.2, 0.25) is 0 Å². The molecule has 5 rings (SSSR count). The maximum Gasteiger partial charge on any atom is 0.231 e. The van der Waals surface area contributed by atoms with Crippen LogP contribution in [-0.2, 0) is 23.1 Å².